The highest BCUT2D eigenvalue weighted by Gasteiger charge is 2.29. The lowest BCUT2D eigenvalue weighted by Crippen LogP contribution is -1.99. The molecule has 0 aromatic heterocycles. The van der Waals surface area contributed by atoms with Crippen molar-refractivity contribution in [3.05, 3.63) is 108 Å². The van der Waals surface area contributed by atoms with Gasteiger partial charge in [-0.25, -0.2) is 0 Å². The molecule has 4 aromatic carbocycles. The fourth-order valence-electron chi connectivity index (χ4n) is 4.11. The third-order valence-corrected chi connectivity index (χ3v) is 5.44. The van der Waals surface area contributed by atoms with Crippen molar-refractivity contribution in [2.24, 2.45) is 0 Å². The molecule has 0 radical (unpaired) electrons. The number of anilines is 2. The Kier molecular flexibility index (Phi) is 3.51. The van der Waals surface area contributed by atoms with E-state index >= 15 is 0 Å². The van der Waals surface area contributed by atoms with Crippen molar-refractivity contribution in [2.75, 3.05) is 11.5 Å². The van der Waals surface area contributed by atoms with Crippen LogP contribution in [0.5, 0.6) is 0 Å². The zero-order chi connectivity index (χ0) is 18.4. The first kappa shape index (κ1) is 15.7. The van der Waals surface area contributed by atoms with Gasteiger partial charge in [-0.2, -0.15) is 0 Å². The van der Waals surface area contributed by atoms with Crippen LogP contribution >= 0.6 is 0 Å². The molecule has 0 saturated carbocycles. The molecule has 0 bridgehead atoms. The monoisotopic (exact) mass is 348 g/mol. The molecule has 0 aliphatic heterocycles. The van der Waals surface area contributed by atoms with E-state index < -0.39 is 0 Å². The number of rotatable bonds is 2. The topological polar surface area (TPSA) is 52.0 Å². The van der Waals surface area contributed by atoms with Gasteiger partial charge in [0.05, 0.1) is 0 Å². The van der Waals surface area contributed by atoms with Gasteiger partial charge in [0.25, 0.3) is 0 Å². The zero-order valence-corrected chi connectivity index (χ0v) is 14.9. The van der Waals surface area contributed by atoms with Gasteiger partial charge in [-0.15, -0.1) is 0 Å². The standard InChI is InChI=1S/C25H20N2/c26-19-10-5-16(6-11-19)18-9-14-22-21-3-1-2-4-23(21)25(24(22)15-18)17-7-12-20(27)13-8-17/h1-15,25H,26-27H2. The first-order chi connectivity index (χ1) is 13.2. The summed E-state index contributed by atoms with van der Waals surface area (Å²) in [7, 11) is 0. The normalized spacial score (nSPS) is 14.6. The molecule has 1 aliphatic carbocycles. The number of fused-ring (bicyclic) bond motifs is 3. The molecule has 1 aliphatic rings. The maximum Gasteiger partial charge on any atom is 0.0352 e. The van der Waals surface area contributed by atoms with Gasteiger partial charge in [-0.3, -0.25) is 0 Å². The van der Waals surface area contributed by atoms with E-state index in [1.807, 2.05) is 24.3 Å². The molecule has 0 spiro atoms. The first-order valence-corrected chi connectivity index (χ1v) is 9.15. The molecule has 1 atom stereocenters. The lowest BCUT2D eigenvalue weighted by molar-refractivity contribution is 1.02. The summed E-state index contributed by atoms with van der Waals surface area (Å²) < 4.78 is 0. The van der Waals surface area contributed by atoms with Crippen LogP contribution in [0.4, 0.5) is 11.4 Å². The van der Waals surface area contributed by atoms with E-state index in [1.54, 1.807) is 0 Å². The SMILES string of the molecule is Nc1ccc(-c2ccc3c(c2)C(c2ccc(N)cc2)c2ccccc2-3)cc1. The van der Waals surface area contributed by atoms with Gasteiger partial charge in [-0.1, -0.05) is 60.7 Å². The zero-order valence-electron chi connectivity index (χ0n) is 14.9. The van der Waals surface area contributed by atoms with Crippen LogP contribution in [0.15, 0.2) is 91.0 Å². The van der Waals surface area contributed by atoms with Crippen LogP contribution in [0.2, 0.25) is 0 Å². The predicted octanol–water partition coefficient (Wildman–Crippen LogP) is 5.68. The molecular weight excluding hydrogens is 328 g/mol. The van der Waals surface area contributed by atoms with Crippen LogP contribution in [-0.2, 0) is 0 Å². The molecule has 0 amide bonds. The Morgan fingerprint density at radius 3 is 1.85 bits per heavy atom. The number of hydrogen-bond donors (Lipinski definition) is 2. The second-order valence-corrected chi connectivity index (χ2v) is 7.11. The minimum atomic E-state index is 0.227. The van der Waals surface area contributed by atoms with Gasteiger partial charge in [0.1, 0.15) is 0 Å². The average Bonchev–Trinajstić information content (AvgIpc) is 3.03. The average molecular weight is 348 g/mol. The van der Waals surface area contributed by atoms with Crippen molar-refractivity contribution in [1.82, 2.24) is 0 Å². The molecule has 0 saturated heterocycles. The highest BCUT2D eigenvalue weighted by atomic mass is 14.5. The minimum Gasteiger partial charge on any atom is -0.399 e. The Labute approximate surface area is 159 Å². The molecule has 0 heterocycles. The molecule has 130 valence electrons. The van der Waals surface area contributed by atoms with E-state index in [0.717, 1.165) is 11.4 Å². The van der Waals surface area contributed by atoms with E-state index in [0.29, 0.717) is 0 Å². The van der Waals surface area contributed by atoms with E-state index in [-0.39, 0.29) is 5.92 Å². The van der Waals surface area contributed by atoms with E-state index in [2.05, 4.69) is 66.7 Å². The van der Waals surface area contributed by atoms with Crippen molar-refractivity contribution >= 4 is 11.4 Å². The summed E-state index contributed by atoms with van der Waals surface area (Å²) in [6.45, 7) is 0. The van der Waals surface area contributed by atoms with Crippen LogP contribution in [-0.4, -0.2) is 0 Å². The minimum absolute atomic E-state index is 0.227. The molecule has 2 nitrogen and oxygen atoms in total. The van der Waals surface area contributed by atoms with Crippen molar-refractivity contribution in [2.45, 2.75) is 5.92 Å². The molecule has 27 heavy (non-hydrogen) atoms. The Morgan fingerprint density at radius 1 is 0.519 bits per heavy atom. The molecule has 5 rings (SSSR count). The van der Waals surface area contributed by atoms with E-state index in [9.17, 15) is 0 Å². The number of hydrogen-bond acceptors (Lipinski definition) is 2. The second-order valence-electron chi connectivity index (χ2n) is 7.11. The van der Waals surface area contributed by atoms with Crippen molar-refractivity contribution < 1.29 is 0 Å². The van der Waals surface area contributed by atoms with Gasteiger partial charge in [-0.05, 0) is 69.3 Å². The molecule has 0 fully saturated rings. The van der Waals surface area contributed by atoms with E-state index in [1.165, 1.54) is 38.9 Å². The largest absolute Gasteiger partial charge is 0.399 e. The Hall–Kier alpha value is -3.52. The summed E-state index contributed by atoms with van der Waals surface area (Å²) in [5.74, 6) is 0.227. The molecular formula is C25H20N2. The summed E-state index contributed by atoms with van der Waals surface area (Å²) in [6, 6.07) is 31.8. The molecule has 4 aromatic rings. The summed E-state index contributed by atoms with van der Waals surface area (Å²) in [5.41, 5.74) is 22.3. The summed E-state index contributed by atoms with van der Waals surface area (Å²) >= 11 is 0. The first-order valence-electron chi connectivity index (χ1n) is 9.15. The smallest absolute Gasteiger partial charge is 0.0352 e. The summed E-state index contributed by atoms with van der Waals surface area (Å²) in [6.07, 6.45) is 0. The van der Waals surface area contributed by atoms with Gasteiger partial charge in [0.15, 0.2) is 0 Å². The number of benzene rings is 4. The number of nitrogen functional groups attached to an aromatic ring is 2. The third kappa shape index (κ3) is 2.58. The van der Waals surface area contributed by atoms with Crippen LogP contribution in [0, 0.1) is 0 Å². The van der Waals surface area contributed by atoms with Crippen LogP contribution < -0.4 is 11.5 Å². The third-order valence-electron chi connectivity index (χ3n) is 5.44. The molecule has 2 heteroatoms. The number of nitrogens with two attached hydrogens (primary N) is 2. The Balaban J connectivity index is 1.70. The fraction of sp³-hybridized carbons (Fsp3) is 0.0400. The second kappa shape index (κ2) is 6.03. The Morgan fingerprint density at radius 2 is 1.11 bits per heavy atom. The van der Waals surface area contributed by atoms with Crippen LogP contribution in [0.25, 0.3) is 22.3 Å². The quantitative estimate of drug-likeness (QED) is 0.403. The van der Waals surface area contributed by atoms with Gasteiger partial charge >= 0.3 is 0 Å². The van der Waals surface area contributed by atoms with Crippen molar-refractivity contribution in [3.8, 4) is 22.3 Å². The summed E-state index contributed by atoms with van der Waals surface area (Å²) in [5, 5.41) is 0. The van der Waals surface area contributed by atoms with Crippen molar-refractivity contribution in [1.29, 1.82) is 0 Å². The Bertz CT molecular complexity index is 1130. The van der Waals surface area contributed by atoms with E-state index in [4.69, 9.17) is 11.5 Å². The molecule has 1 unspecified atom stereocenters. The molecule has 4 N–H and O–H groups in total. The highest BCUT2D eigenvalue weighted by molar-refractivity contribution is 5.83. The highest BCUT2D eigenvalue weighted by Crippen LogP contribution is 2.49. The lowest BCUT2D eigenvalue weighted by atomic mass is 9.88. The van der Waals surface area contributed by atoms with Crippen LogP contribution in [0.3, 0.4) is 0 Å². The maximum atomic E-state index is 5.92. The van der Waals surface area contributed by atoms with Crippen molar-refractivity contribution in [3.63, 3.8) is 0 Å². The van der Waals surface area contributed by atoms with Crippen LogP contribution in [0.1, 0.15) is 22.6 Å². The maximum absolute atomic E-state index is 5.92. The fourth-order valence-corrected chi connectivity index (χ4v) is 4.11. The summed E-state index contributed by atoms with van der Waals surface area (Å²) in [4.78, 5) is 0. The predicted molar refractivity (Wildman–Crippen MR) is 114 cm³/mol. The van der Waals surface area contributed by atoms with Gasteiger partial charge < -0.3 is 11.5 Å². The lowest BCUT2D eigenvalue weighted by Gasteiger charge is -2.15. The van der Waals surface area contributed by atoms with Gasteiger partial charge in [0.2, 0.25) is 0 Å². The van der Waals surface area contributed by atoms with Gasteiger partial charge in [0, 0.05) is 17.3 Å².